The topological polar surface area (TPSA) is 84.9 Å². The number of amides is 1. The van der Waals surface area contributed by atoms with E-state index >= 15 is 0 Å². The predicted octanol–water partition coefficient (Wildman–Crippen LogP) is 1.89. The molecule has 0 radical (unpaired) electrons. The Kier molecular flexibility index (Phi) is 5.24. The Morgan fingerprint density at radius 2 is 1.63 bits per heavy atom. The van der Waals surface area contributed by atoms with E-state index < -0.39 is 15.8 Å². The number of carbonyl (C=O) groups is 1. The summed E-state index contributed by atoms with van der Waals surface area (Å²) in [5.41, 5.74) is 0.492. The monoisotopic (exact) mass is 394 g/mol. The molecule has 1 spiro atoms. The minimum Gasteiger partial charge on any atom is -0.349 e. The fraction of sp³-hybridized carbons (Fsp3) is 0.632. The second-order valence-electron chi connectivity index (χ2n) is 7.49. The Bertz CT molecular complexity index is 771. The van der Waals surface area contributed by atoms with Gasteiger partial charge in [-0.3, -0.25) is 4.79 Å². The molecule has 2 heterocycles. The number of benzene rings is 1. The van der Waals surface area contributed by atoms with E-state index in [0.29, 0.717) is 44.7 Å². The Morgan fingerprint density at radius 3 is 2.22 bits per heavy atom. The molecule has 4 rings (SSSR count). The van der Waals surface area contributed by atoms with Crippen LogP contribution in [0, 0.1) is 0 Å². The zero-order valence-electron chi connectivity index (χ0n) is 15.4. The average molecular weight is 394 g/mol. The first kappa shape index (κ1) is 18.9. The summed E-state index contributed by atoms with van der Waals surface area (Å²) in [4.78, 5) is 12.5. The number of hydrogen-bond acceptors (Lipinski definition) is 5. The fourth-order valence-corrected chi connectivity index (χ4v) is 5.56. The van der Waals surface area contributed by atoms with Crippen molar-refractivity contribution in [3.63, 3.8) is 0 Å². The van der Waals surface area contributed by atoms with Gasteiger partial charge in [0.25, 0.3) is 5.91 Å². The van der Waals surface area contributed by atoms with E-state index in [1.165, 1.54) is 16.4 Å². The summed E-state index contributed by atoms with van der Waals surface area (Å²) in [6.07, 6.45) is 5.40. The zero-order chi connectivity index (χ0) is 18.9. The number of rotatable bonds is 4. The molecule has 2 saturated heterocycles. The first-order valence-electron chi connectivity index (χ1n) is 9.68. The van der Waals surface area contributed by atoms with Crippen LogP contribution >= 0.6 is 0 Å². The van der Waals surface area contributed by atoms with Crippen LogP contribution in [-0.2, 0) is 19.5 Å². The van der Waals surface area contributed by atoms with E-state index in [9.17, 15) is 13.2 Å². The highest BCUT2D eigenvalue weighted by atomic mass is 32.2. The van der Waals surface area contributed by atoms with Crippen LogP contribution in [0.5, 0.6) is 0 Å². The molecular formula is C19H26N2O5S. The van der Waals surface area contributed by atoms with E-state index in [4.69, 9.17) is 9.47 Å². The van der Waals surface area contributed by atoms with Crippen molar-refractivity contribution in [2.45, 2.75) is 55.2 Å². The summed E-state index contributed by atoms with van der Waals surface area (Å²) in [7, 11) is -3.58. The molecule has 1 amide bonds. The number of piperidine rings is 1. The summed E-state index contributed by atoms with van der Waals surface area (Å²) in [5, 5.41) is 3.02. The summed E-state index contributed by atoms with van der Waals surface area (Å²) in [6.45, 7) is 1.87. The number of ether oxygens (including phenoxy) is 2. The molecule has 2 aliphatic heterocycles. The highest BCUT2D eigenvalue weighted by Gasteiger charge is 2.42. The van der Waals surface area contributed by atoms with Crippen LogP contribution in [-0.4, -0.2) is 56.8 Å². The Morgan fingerprint density at radius 1 is 1.04 bits per heavy atom. The zero-order valence-corrected chi connectivity index (χ0v) is 16.2. The third-order valence-corrected chi connectivity index (χ3v) is 7.66. The minimum absolute atomic E-state index is 0.138. The number of nitrogens with one attached hydrogen (secondary N) is 1. The minimum atomic E-state index is -3.58. The van der Waals surface area contributed by atoms with Gasteiger partial charge < -0.3 is 14.8 Å². The van der Waals surface area contributed by atoms with Crippen molar-refractivity contribution in [2.24, 2.45) is 0 Å². The van der Waals surface area contributed by atoms with E-state index in [1.807, 2.05) is 0 Å². The predicted molar refractivity (Wildman–Crippen MR) is 98.8 cm³/mol. The van der Waals surface area contributed by atoms with Crippen LogP contribution in [0.1, 0.15) is 48.9 Å². The summed E-state index contributed by atoms with van der Waals surface area (Å²) >= 11 is 0. The third kappa shape index (κ3) is 3.89. The average Bonchev–Trinajstić information content (AvgIpc) is 3.35. The van der Waals surface area contributed by atoms with Crippen LogP contribution in [0.15, 0.2) is 29.2 Å². The number of hydrogen-bond donors (Lipinski definition) is 1. The number of nitrogens with zero attached hydrogens (tertiary/aromatic N) is 1. The van der Waals surface area contributed by atoms with Crippen molar-refractivity contribution < 1.29 is 22.7 Å². The fourth-order valence-electron chi connectivity index (χ4n) is 4.12. The van der Waals surface area contributed by atoms with Gasteiger partial charge >= 0.3 is 0 Å². The van der Waals surface area contributed by atoms with Crippen LogP contribution in [0.2, 0.25) is 0 Å². The molecule has 1 saturated carbocycles. The largest absolute Gasteiger partial charge is 0.349 e. The van der Waals surface area contributed by atoms with Crippen LogP contribution in [0.4, 0.5) is 0 Å². The standard InChI is InChI=1S/C19H26N2O5S/c22-18(20-16-3-1-2-4-16)15-5-7-17(8-6-15)27(23,24)21-11-9-19(10-12-21)25-13-14-26-19/h5-8,16H,1-4,9-14H2,(H,20,22). The van der Waals surface area contributed by atoms with Crippen LogP contribution in [0.25, 0.3) is 0 Å². The molecule has 1 N–H and O–H groups in total. The molecule has 27 heavy (non-hydrogen) atoms. The van der Waals surface area contributed by atoms with Gasteiger partial charge in [-0.05, 0) is 37.1 Å². The quantitative estimate of drug-likeness (QED) is 0.843. The normalized spacial score (nSPS) is 23.7. The molecule has 0 aromatic heterocycles. The lowest BCUT2D eigenvalue weighted by Gasteiger charge is -2.36. The molecule has 1 aromatic carbocycles. The Balaban J connectivity index is 1.40. The first-order valence-corrected chi connectivity index (χ1v) is 11.1. The molecule has 0 atom stereocenters. The van der Waals surface area contributed by atoms with Gasteiger partial charge in [-0.1, -0.05) is 12.8 Å². The molecule has 148 valence electrons. The van der Waals surface area contributed by atoms with Crippen molar-refractivity contribution in [2.75, 3.05) is 26.3 Å². The Labute approximate surface area is 160 Å². The van der Waals surface area contributed by atoms with Crippen molar-refractivity contribution in [3.05, 3.63) is 29.8 Å². The molecule has 0 bridgehead atoms. The smallest absolute Gasteiger partial charge is 0.251 e. The van der Waals surface area contributed by atoms with Crippen molar-refractivity contribution in [3.8, 4) is 0 Å². The molecule has 8 heteroatoms. The van der Waals surface area contributed by atoms with E-state index in [-0.39, 0.29) is 16.8 Å². The summed E-state index contributed by atoms with van der Waals surface area (Å²) in [6, 6.07) is 6.46. The lowest BCUT2D eigenvalue weighted by molar-refractivity contribution is -0.179. The van der Waals surface area contributed by atoms with Gasteiger partial charge in [0.05, 0.1) is 18.1 Å². The van der Waals surface area contributed by atoms with Gasteiger partial charge in [-0.2, -0.15) is 4.31 Å². The SMILES string of the molecule is O=C(NC1CCCC1)c1ccc(S(=O)(=O)N2CCC3(CC2)OCCO3)cc1. The van der Waals surface area contributed by atoms with Crippen molar-refractivity contribution in [1.29, 1.82) is 0 Å². The van der Waals surface area contributed by atoms with Gasteiger partial charge in [0.15, 0.2) is 5.79 Å². The van der Waals surface area contributed by atoms with Gasteiger partial charge in [-0.15, -0.1) is 0 Å². The van der Waals surface area contributed by atoms with Gasteiger partial charge in [0.1, 0.15) is 0 Å². The molecule has 3 aliphatic rings. The molecular weight excluding hydrogens is 368 g/mol. The van der Waals surface area contributed by atoms with Gasteiger partial charge in [0.2, 0.25) is 10.0 Å². The molecule has 1 aromatic rings. The molecule has 1 aliphatic carbocycles. The Hall–Kier alpha value is -1.48. The highest BCUT2D eigenvalue weighted by molar-refractivity contribution is 7.89. The van der Waals surface area contributed by atoms with E-state index in [0.717, 1.165) is 25.7 Å². The second-order valence-corrected chi connectivity index (χ2v) is 9.43. The van der Waals surface area contributed by atoms with E-state index in [2.05, 4.69) is 5.32 Å². The van der Waals surface area contributed by atoms with Crippen molar-refractivity contribution >= 4 is 15.9 Å². The second kappa shape index (κ2) is 7.50. The maximum absolute atomic E-state index is 12.9. The first-order chi connectivity index (χ1) is 13.0. The molecule has 0 unspecified atom stereocenters. The van der Waals surface area contributed by atoms with Crippen LogP contribution < -0.4 is 5.32 Å². The number of carbonyl (C=O) groups excluding carboxylic acids is 1. The van der Waals surface area contributed by atoms with E-state index in [1.54, 1.807) is 12.1 Å². The third-order valence-electron chi connectivity index (χ3n) is 5.74. The maximum atomic E-state index is 12.9. The lowest BCUT2D eigenvalue weighted by atomic mass is 10.1. The summed E-state index contributed by atoms with van der Waals surface area (Å²) < 4.78 is 38.6. The van der Waals surface area contributed by atoms with Crippen LogP contribution in [0.3, 0.4) is 0 Å². The highest BCUT2D eigenvalue weighted by Crippen LogP contribution is 2.33. The van der Waals surface area contributed by atoms with Gasteiger partial charge in [-0.25, -0.2) is 8.42 Å². The summed E-state index contributed by atoms with van der Waals surface area (Å²) in [5.74, 6) is -0.741. The van der Waals surface area contributed by atoms with Gasteiger partial charge in [0, 0.05) is 37.5 Å². The molecule has 7 nitrogen and oxygen atoms in total. The number of sulfonamides is 1. The molecule has 3 fully saturated rings. The lowest BCUT2D eigenvalue weighted by Crippen LogP contribution is -2.47. The van der Waals surface area contributed by atoms with Crippen molar-refractivity contribution in [1.82, 2.24) is 9.62 Å². The maximum Gasteiger partial charge on any atom is 0.251 e.